The Morgan fingerprint density at radius 1 is 1.47 bits per heavy atom. The Morgan fingerprint density at radius 2 is 2.21 bits per heavy atom. The highest BCUT2D eigenvalue weighted by Gasteiger charge is 2.22. The first kappa shape index (κ1) is 14.1. The summed E-state index contributed by atoms with van der Waals surface area (Å²) in [5.41, 5.74) is 0.894. The third-order valence-electron chi connectivity index (χ3n) is 2.75. The van der Waals surface area contributed by atoms with Crippen LogP contribution in [0.15, 0.2) is 29.2 Å². The van der Waals surface area contributed by atoms with E-state index in [2.05, 4.69) is 12.2 Å². The summed E-state index contributed by atoms with van der Waals surface area (Å²) in [4.78, 5) is 12.3. The molecule has 1 atom stereocenters. The van der Waals surface area contributed by atoms with Crippen LogP contribution >= 0.6 is 24.0 Å². The van der Waals surface area contributed by atoms with Crippen LogP contribution in [-0.2, 0) is 4.79 Å². The Balaban J connectivity index is 2.27. The van der Waals surface area contributed by atoms with E-state index in [1.54, 1.807) is 0 Å². The predicted octanol–water partition coefficient (Wildman–Crippen LogP) is 3.35. The number of rotatable bonds is 4. The zero-order valence-electron chi connectivity index (χ0n) is 10.8. The zero-order valence-corrected chi connectivity index (χ0v) is 12.4. The lowest BCUT2D eigenvalue weighted by atomic mass is 10.1. The van der Waals surface area contributed by atoms with Crippen LogP contribution in [0.5, 0.6) is 5.75 Å². The summed E-state index contributed by atoms with van der Waals surface area (Å²) in [6, 6.07) is 7.69. The van der Waals surface area contributed by atoms with Crippen molar-refractivity contribution in [1.29, 1.82) is 0 Å². The average Bonchev–Trinajstić information content (AvgIpc) is 2.70. The molecular weight excluding hydrogens is 278 g/mol. The molecule has 1 N–H and O–H groups in total. The van der Waals surface area contributed by atoms with Gasteiger partial charge in [0.15, 0.2) is 0 Å². The largest absolute Gasteiger partial charge is 0.490 e. The van der Waals surface area contributed by atoms with Crippen molar-refractivity contribution in [2.24, 2.45) is 0 Å². The van der Waals surface area contributed by atoms with Gasteiger partial charge in [0, 0.05) is 5.56 Å². The molecule has 3 nitrogen and oxygen atoms in total. The number of benzene rings is 1. The van der Waals surface area contributed by atoms with Crippen molar-refractivity contribution in [1.82, 2.24) is 5.32 Å². The number of nitrogens with one attached hydrogen (secondary N) is 1. The Labute approximate surface area is 122 Å². The van der Waals surface area contributed by atoms with Gasteiger partial charge in [-0.25, -0.2) is 0 Å². The molecule has 1 amide bonds. The molecule has 0 aromatic heterocycles. The maximum absolute atomic E-state index is 11.7. The van der Waals surface area contributed by atoms with Gasteiger partial charge in [0.25, 0.3) is 5.91 Å². The number of para-hydroxylation sites is 1. The van der Waals surface area contributed by atoms with Crippen LogP contribution in [0.1, 0.15) is 25.8 Å². The van der Waals surface area contributed by atoms with Crippen LogP contribution in [0.3, 0.4) is 0 Å². The molecule has 2 rings (SSSR count). The first-order chi connectivity index (χ1) is 9.10. The number of amides is 1. The molecule has 5 heteroatoms. The van der Waals surface area contributed by atoms with Crippen LogP contribution in [0.4, 0.5) is 0 Å². The van der Waals surface area contributed by atoms with E-state index in [-0.39, 0.29) is 12.0 Å². The van der Waals surface area contributed by atoms with E-state index in [0.29, 0.717) is 9.23 Å². The highest BCUT2D eigenvalue weighted by atomic mass is 32.2. The molecule has 0 aliphatic carbocycles. The molecule has 19 heavy (non-hydrogen) atoms. The Kier molecular flexibility index (Phi) is 4.61. The number of ether oxygens (including phenoxy) is 1. The average molecular weight is 293 g/mol. The number of thiocarbonyl (C=S) groups is 1. The topological polar surface area (TPSA) is 38.3 Å². The smallest absolute Gasteiger partial charge is 0.263 e. The number of hydrogen-bond donors (Lipinski definition) is 1. The summed E-state index contributed by atoms with van der Waals surface area (Å²) in [5.74, 6) is 0.643. The summed E-state index contributed by atoms with van der Waals surface area (Å²) in [6.45, 7) is 4.10. The molecule has 1 fully saturated rings. The van der Waals surface area contributed by atoms with E-state index >= 15 is 0 Å². The molecule has 0 unspecified atom stereocenters. The quantitative estimate of drug-likeness (QED) is 0.682. The van der Waals surface area contributed by atoms with E-state index in [1.165, 1.54) is 11.8 Å². The minimum atomic E-state index is -0.145. The van der Waals surface area contributed by atoms with Crippen molar-refractivity contribution in [2.45, 2.75) is 26.4 Å². The van der Waals surface area contributed by atoms with Crippen LogP contribution in [0.2, 0.25) is 0 Å². The van der Waals surface area contributed by atoms with Gasteiger partial charge in [0.1, 0.15) is 10.1 Å². The SMILES string of the molecule is CC[C@H](C)Oc1ccccc1/C=C1\SC(=S)NC1=O. The first-order valence-corrected chi connectivity index (χ1v) is 7.33. The standard InChI is InChI=1S/C14H15NO2S2/c1-3-9(2)17-11-7-5-4-6-10(11)8-12-13(16)15-14(18)19-12/h4-9H,3H2,1-2H3,(H,15,16,18)/b12-8-/t9-/m0/s1. The van der Waals surface area contributed by atoms with Crippen molar-refractivity contribution >= 4 is 40.3 Å². The molecule has 1 heterocycles. The Hall–Kier alpha value is -1.33. The van der Waals surface area contributed by atoms with Gasteiger partial charge in [-0.1, -0.05) is 49.1 Å². The second kappa shape index (κ2) is 6.21. The molecule has 0 bridgehead atoms. The minimum Gasteiger partial charge on any atom is -0.490 e. The molecule has 0 spiro atoms. The normalized spacial score (nSPS) is 18.5. The van der Waals surface area contributed by atoms with Crippen molar-refractivity contribution in [2.75, 3.05) is 0 Å². The van der Waals surface area contributed by atoms with Crippen molar-refractivity contribution in [3.8, 4) is 5.75 Å². The lowest BCUT2D eigenvalue weighted by Gasteiger charge is -2.14. The second-order valence-corrected chi connectivity index (χ2v) is 5.95. The van der Waals surface area contributed by atoms with Crippen LogP contribution < -0.4 is 10.1 Å². The highest BCUT2D eigenvalue weighted by Crippen LogP contribution is 2.29. The van der Waals surface area contributed by atoms with Gasteiger partial charge < -0.3 is 10.1 Å². The number of thioether (sulfide) groups is 1. The van der Waals surface area contributed by atoms with Gasteiger partial charge in [0.2, 0.25) is 0 Å². The second-order valence-electron chi connectivity index (χ2n) is 4.23. The maximum atomic E-state index is 11.7. The molecule has 1 aliphatic rings. The monoisotopic (exact) mass is 293 g/mol. The zero-order chi connectivity index (χ0) is 13.8. The molecule has 0 radical (unpaired) electrons. The van der Waals surface area contributed by atoms with E-state index < -0.39 is 0 Å². The fourth-order valence-electron chi connectivity index (χ4n) is 1.57. The molecule has 1 aromatic rings. The number of carbonyl (C=O) groups excluding carboxylic acids is 1. The lowest BCUT2D eigenvalue weighted by Crippen LogP contribution is -2.17. The van der Waals surface area contributed by atoms with Gasteiger partial charge >= 0.3 is 0 Å². The molecular formula is C14H15NO2S2. The summed E-state index contributed by atoms with van der Waals surface area (Å²) < 4.78 is 6.35. The Morgan fingerprint density at radius 3 is 2.84 bits per heavy atom. The molecule has 100 valence electrons. The fourth-order valence-corrected chi connectivity index (χ4v) is 2.60. The minimum absolute atomic E-state index is 0.144. The van der Waals surface area contributed by atoms with Crippen LogP contribution in [0, 0.1) is 0 Å². The van der Waals surface area contributed by atoms with E-state index in [9.17, 15) is 4.79 Å². The molecule has 1 aliphatic heterocycles. The van der Waals surface area contributed by atoms with Crippen molar-refractivity contribution in [3.63, 3.8) is 0 Å². The summed E-state index contributed by atoms with van der Waals surface area (Å²) in [5, 5.41) is 2.60. The van der Waals surface area contributed by atoms with Gasteiger partial charge in [-0.3, -0.25) is 4.79 Å². The highest BCUT2D eigenvalue weighted by molar-refractivity contribution is 8.26. The van der Waals surface area contributed by atoms with Gasteiger partial charge in [-0.05, 0) is 25.5 Å². The molecule has 1 aromatic carbocycles. The number of carbonyl (C=O) groups is 1. The maximum Gasteiger partial charge on any atom is 0.263 e. The summed E-state index contributed by atoms with van der Waals surface area (Å²) >= 11 is 6.25. The predicted molar refractivity (Wildman–Crippen MR) is 83.1 cm³/mol. The first-order valence-electron chi connectivity index (χ1n) is 6.10. The van der Waals surface area contributed by atoms with E-state index in [1.807, 2.05) is 37.3 Å². The van der Waals surface area contributed by atoms with Crippen molar-refractivity contribution in [3.05, 3.63) is 34.7 Å². The van der Waals surface area contributed by atoms with Crippen LogP contribution in [-0.4, -0.2) is 16.3 Å². The van der Waals surface area contributed by atoms with Gasteiger partial charge in [-0.15, -0.1) is 0 Å². The number of hydrogen-bond acceptors (Lipinski definition) is 4. The van der Waals surface area contributed by atoms with Crippen LogP contribution in [0.25, 0.3) is 6.08 Å². The summed E-state index contributed by atoms with van der Waals surface area (Å²) in [7, 11) is 0. The fraction of sp³-hybridized carbons (Fsp3) is 0.286. The van der Waals surface area contributed by atoms with E-state index in [4.69, 9.17) is 17.0 Å². The summed E-state index contributed by atoms with van der Waals surface area (Å²) in [6.07, 6.45) is 2.90. The van der Waals surface area contributed by atoms with Gasteiger partial charge in [0.05, 0.1) is 11.0 Å². The lowest BCUT2D eigenvalue weighted by molar-refractivity contribution is -0.115. The Bertz CT molecular complexity index is 540. The van der Waals surface area contributed by atoms with E-state index in [0.717, 1.165) is 17.7 Å². The third kappa shape index (κ3) is 3.58. The molecule has 0 saturated carbocycles. The van der Waals surface area contributed by atoms with Gasteiger partial charge in [-0.2, -0.15) is 0 Å². The van der Waals surface area contributed by atoms with Crippen molar-refractivity contribution < 1.29 is 9.53 Å². The third-order valence-corrected chi connectivity index (χ3v) is 3.91. The molecule has 1 saturated heterocycles.